The third-order valence-corrected chi connectivity index (χ3v) is 4.82. The van der Waals surface area contributed by atoms with E-state index in [0.29, 0.717) is 11.4 Å². The number of amides is 1. The molecule has 0 unspecified atom stereocenters. The van der Waals surface area contributed by atoms with Crippen LogP contribution in [0.4, 0.5) is 5.13 Å². The summed E-state index contributed by atoms with van der Waals surface area (Å²) in [6, 6.07) is 3.77. The molecule has 0 aliphatic carbocycles. The maximum atomic E-state index is 12.3. The molecule has 2 aromatic heterocycles. The Balaban J connectivity index is 1.55. The van der Waals surface area contributed by atoms with Gasteiger partial charge in [-0.05, 0) is 37.5 Å². The molecule has 7 heteroatoms. The molecule has 122 valence electrons. The normalized spacial score (nSPS) is 17.2. The SMILES string of the molecule is Cc1nc(NC[C@@H]2CCCO2)sc1C(=O)NCc1ccncc1. The Morgan fingerprint density at radius 2 is 2.26 bits per heavy atom. The molecule has 1 aliphatic heterocycles. The maximum absolute atomic E-state index is 12.3. The molecule has 0 spiro atoms. The summed E-state index contributed by atoms with van der Waals surface area (Å²) in [6.45, 7) is 3.92. The molecule has 2 N–H and O–H groups in total. The van der Waals surface area contributed by atoms with Gasteiger partial charge in [0.1, 0.15) is 4.88 Å². The predicted octanol–water partition coefficient (Wildman–Crippen LogP) is 2.37. The highest BCUT2D eigenvalue weighted by Gasteiger charge is 2.18. The lowest BCUT2D eigenvalue weighted by Gasteiger charge is -2.09. The average molecular weight is 332 g/mol. The number of nitrogens with zero attached hydrogens (tertiary/aromatic N) is 2. The van der Waals surface area contributed by atoms with Gasteiger partial charge in [0.15, 0.2) is 5.13 Å². The van der Waals surface area contributed by atoms with Crippen molar-refractivity contribution in [3.05, 3.63) is 40.7 Å². The molecule has 1 atom stereocenters. The van der Waals surface area contributed by atoms with Crippen LogP contribution in [0.3, 0.4) is 0 Å². The zero-order chi connectivity index (χ0) is 16.1. The van der Waals surface area contributed by atoms with Crippen molar-refractivity contribution in [1.82, 2.24) is 15.3 Å². The van der Waals surface area contributed by atoms with Crippen LogP contribution in [-0.4, -0.2) is 35.1 Å². The summed E-state index contributed by atoms with van der Waals surface area (Å²) < 4.78 is 5.58. The van der Waals surface area contributed by atoms with E-state index in [1.807, 2.05) is 19.1 Å². The lowest BCUT2D eigenvalue weighted by Crippen LogP contribution is -2.22. The smallest absolute Gasteiger partial charge is 0.263 e. The zero-order valence-electron chi connectivity index (χ0n) is 13.0. The number of carbonyl (C=O) groups excluding carboxylic acids is 1. The summed E-state index contributed by atoms with van der Waals surface area (Å²) >= 11 is 1.38. The molecule has 1 aliphatic rings. The first-order valence-electron chi connectivity index (χ1n) is 7.72. The van der Waals surface area contributed by atoms with Crippen LogP contribution < -0.4 is 10.6 Å². The molecule has 0 radical (unpaired) electrons. The van der Waals surface area contributed by atoms with Crippen molar-refractivity contribution in [2.45, 2.75) is 32.4 Å². The van der Waals surface area contributed by atoms with Gasteiger partial charge in [0.25, 0.3) is 5.91 Å². The fourth-order valence-corrected chi connectivity index (χ4v) is 3.34. The Labute approximate surface area is 139 Å². The number of thiazole rings is 1. The van der Waals surface area contributed by atoms with Crippen molar-refractivity contribution < 1.29 is 9.53 Å². The van der Waals surface area contributed by atoms with Gasteiger partial charge >= 0.3 is 0 Å². The lowest BCUT2D eigenvalue weighted by atomic mass is 10.2. The molecular formula is C16H20N4O2S. The minimum Gasteiger partial charge on any atom is -0.376 e. The second-order valence-corrected chi connectivity index (χ2v) is 6.49. The number of pyridine rings is 1. The number of ether oxygens (including phenoxy) is 1. The van der Waals surface area contributed by atoms with Gasteiger partial charge in [0.05, 0.1) is 11.8 Å². The van der Waals surface area contributed by atoms with Gasteiger partial charge in [-0.25, -0.2) is 4.98 Å². The van der Waals surface area contributed by atoms with Gasteiger partial charge in [-0.3, -0.25) is 9.78 Å². The first kappa shape index (κ1) is 15.9. The molecule has 6 nitrogen and oxygen atoms in total. The average Bonchev–Trinajstić information content (AvgIpc) is 3.21. The fourth-order valence-electron chi connectivity index (χ4n) is 2.45. The molecule has 0 aromatic carbocycles. The summed E-state index contributed by atoms with van der Waals surface area (Å²) in [5.41, 5.74) is 1.77. The second kappa shape index (κ2) is 7.52. The first-order valence-corrected chi connectivity index (χ1v) is 8.54. The summed E-state index contributed by atoms with van der Waals surface area (Å²) in [6.07, 6.45) is 5.88. The number of hydrogen-bond donors (Lipinski definition) is 2. The van der Waals surface area contributed by atoms with Crippen molar-refractivity contribution in [2.75, 3.05) is 18.5 Å². The van der Waals surface area contributed by atoms with E-state index < -0.39 is 0 Å². The highest BCUT2D eigenvalue weighted by molar-refractivity contribution is 7.17. The van der Waals surface area contributed by atoms with E-state index in [0.717, 1.165) is 42.4 Å². The molecule has 23 heavy (non-hydrogen) atoms. The van der Waals surface area contributed by atoms with Crippen LogP contribution in [-0.2, 0) is 11.3 Å². The van der Waals surface area contributed by atoms with E-state index in [2.05, 4.69) is 20.6 Å². The number of aryl methyl sites for hydroxylation is 1. The van der Waals surface area contributed by atoms with Crippen molar-refractivity contribution in [3.8, 4) is 0 Å². The van der Waals surface area contributed by atoms with E-state index in [-0.39, 0.29) is 12.0 Å². The third-order valence-electron chi connectivity index (χ3n) is 3.71. The summed E-state index contributed by atoms with van der Waals surface area (Å²) in [5.74, 6) is -0.0954. The minimum absolute atomic E-state index is 0.0954. The number of anilines is 1. The molecule has 3 heterocycles. The molecular weight excluding hydrogens is 312 g/mol. The second-order valence-electron chi connectivity index (χ2n) is 5.49. The van der Waals surface area contributed by atoms with Gasteiger partial charge in [0, 0.05) is 32.1 Å². The quantitative estimate of drug-likeness (QED) is 0.849. The topological polar surface area (TPSA) is 76.1 Å². The molecule has 0 bridgehead atoms. The molecule has 1 fully saturated rings. The Morgan fingerprint density at radius 1 is 1.43 bits per heavy atom. The molecule has 0 saturated carbocycles. The Kier molecular flexibility index (Phi) is 5.19. The van der Waals surface area contributed by atoms with Crippen LogP contribution in [0.15, 0.2) is 24.5 Å². The molecule has 3 rings (SSSR count). The number of carbonyl (C=O) groups is 1. The van der Waals surface area contributed by atoms with Crippen molar-refractivity contribution in [1.29, 1.82) is 0 Å². The molecule has 1 saturated heterocycles. The van der Waals surface area contributed by atoms with Crippen LogP contribution >= 0.6 is 11.3 Å². The zero-order valence-corrected chi connectivity index (χ0v) is 13.9. The van der Waals surface area contributed by atoms with Crippen LogP contribution in [0.25, 0.3) is 0 Å². The van der Waals surface area contributed by atoms with Crippen LogP contribution in [0, 0.1) is 6.92 Å². The predicted molar refractivity (Wildman–Crippen MR) is 89.7 cm³/mol. The first-order chi connectivity index (χ1) is 11.2. The number of nitrogens with one attached hydrogen (secondary N) is 2. The summed E-state index contributed by atoms with van der Waals surface area (Å²) in [5, 5.41) is 6.96. The van der Waals surface area contributed by atoms with E-state index in [1.165, 1.54) is 11.3 Å². The Bertz CT molecular complexity index is 653. The molecule has 2 aromatic rings. The van der Waals surface area contributed by atoms with E-state index in [9.17, 15) is 4.79 Å². The standard InChI is InChI=1S/C16H20N4O2S/c1-11-14(15(21)18-9-12-4-6-17-7-5-12)23-16(20-11)19-10-13-3-2-8-22-13/h4-7,13H,2-3,8-10H2,1H3,(H,18,21)(H,19,20)/t13-/m0/s1. The van der Waals surface area contributed by atoms with Gasteiger partial charge in [-0.2, -0.15) is 0 Å². The summed E-state index contributed by atoms with van der Waals surface area (Å²) in [7, 11) is 0. The Hall–Kier alpha value is -1.99. The van der Waals surface area contributed by atoms with Gasteiger partial charge in [-0.1, -0.05) is 11.3 Å². The Morgan fingerprint density at radius 3 is 3.00 bits per heavy atom. The van der Waals surface area contributed by atoms with Crippen LogP contribution in [0.5, 0.6) is 0 Å². The van der Waals surface area contributed by atoms with Gasteiger partial charge < -0.3 is 15.4 Å². The van der Waals surface area contributed by atoms with Gasteiger partial charge in [0.2, 0.25) is 0 Å². The highest BCUT2D eigenvalue weighted by atomic mass is 32.1. The fraction of sp³-hybridized carbons (Fsp3) is 0.438. The van der Waals surface area contributed by atoms with E-state index in [4.69, 9.17) is 4.74 Å². The van der Waals surface area contributed by atoms with E-state index >= 15 is 0 Å². The largest absolute Gasteiger partial charge is 0.376 e. The van der Waals surface area contributed by atoms with Gasteiger partial charge in [-0.15, -0.1) is 0 Å². The highest BCUT2D eigenvalue weighted by Crippen LogP contribution is 2.23. The van der Waals surface area contributed by atoms with Crippen molar-refractivity contribution in [2.24, 2.45) is 0 Å². The molecule has 1 amide bonds. The van der Waals surface area contributed by atoms with Crippen LogP contribution in [0.2, 0.25) is 0 Å². The summed E-state index contributed by atoms with van der Waals surface area (Å²) in [4.78, 5) is 21.3. The number of hydrogen-bond acceptors (Lipinski definition) is 6. The van der Waals surface area contributed by atoms with E-state index in [1.54, 1.807) is 12.4 Å². The lowest BCUT2D eigenvalue weighted by molar-refractivity contribution is 0.0954. The van der Waals surface area contributed by atoms with Crippen molar-refractivity contribution in [3.63, 3.8) is 0 Å². The monoisotopic (exact) mass is 332 g/mol. The third kappa shape index (κ3) is 4.27. The van der Waals surface area contributed by atoms with Crippen LogP contribution in [0.1, 0.15) is 33.8 Å². The maximum Gasteiger partial charge on any atom is 0.263 e. The van der Waals surface area contributed by atoms with Crippen molar-refractivity contribution >= 4 is 22.4 Å². The number of rotatable bonds is 6. The minimum atomic E-state index is -0.0954. The number of aromatic nitrogens is 2.